The average Bonchev–Trinajstić information content (AvgIpc) is 1.49. The summed E-state index contributed by atoms with van der Waals surface area (Å²) in [4.78, 5) is 119. The topological polar surface area (TPSA) is 474 Å². The van der Waals surface area contributed by atoms with E-state index in [0.29, 0.717) is 182 Å². The fourth-order valence-corrected chi connectivity index (χ4v) is 26.9. The summed E-state index contributed by atoms with van der Waals surface area (Å²) in [5.74, 6) is -3.63. The SMILES string of the molecule is CC[C@]1(O)C[C@@H]2C[N@@](CCc3c([nH]c4ccccc34)[C@@](C(=O)OC)(c3cc4c(cc3OC)N(C)[C@H]3[C@@](O)(C(=O)OC)[C@H](OC(C)=O)[C@]5(CC)C=CCN6CC[C@]43[C@@H]65)C2)C1.CC[C@]1(O)C[C@H]2C[N@](CCc3c([nH]c4ccccc34)[C@@](C(=O)OC)(c3cc4c(cc3OC)N(C=O)[C@H]3[C@@](O)(C(=O)OC)[C@H](OC(C)=O)[C@]5(CC)C=CCN6CC[C@]43[C@@H]65)C2)C1.O=S(=O)(O)O.O=S(=O)(O)O. The van der Waals surface area contributed by atoms with Crippen LogP contribution in [-0.4, -0.2) is 301 Å². The number of piperidine rings is 2. The number of hydrogen-bond acceptors (Lipinski definition) is 28. The van der Waals surface area contributed by atoms with Gasteiger partial charge in [0.25, 0.3) is 0 Å². The molecule has 10 N–H and O–H groups in total. The molecule has 4 aromatic carbocycles. The summed E-state index contributed by atoms with van der Waals surface area (Å²) in [6.45, 7) is 16.8. The number of aromatic amines is 2. The summed E-state index contributed by atoms with van der Waals surface area (Å²) in [6, 6.07) is 20.9. The minimum atomic E-state index is -4.67. The van der Waals surface area contributed by atoms with Crippen molar-refractivity contribution in [3.8, 4) is 11.5 Å². The van der Waals surface area contributed by atoms with Gasteiger partial charge in [-0.3, -0.25) is 61.8 Å². The molecular weight excluding hydrogens is 1710 g/mol. The minimum Gasteiger partial charge on any atom is -0.496 e. The number of ether oxygens (including phenoxy) is 8. The Hall–Kier alpha value is -9.45. The van der Waals surface area contributed by atoms with Gasteiger partial charge < -0.3 is 78.1 Å². The van der Waals surface area contributed by atoms with Crippen molar-refractivity contribution in [3.05, 3.63) is 142 Å². The number of H-pyrrole nitrogens is 2. The number of aromatic nitrogens is 2. The van der Waals surface area contributed by atoms with E-state index in [2.05, 4.69) is 59.9 Å². The van der Waals surface area contributed by atoms with E-state index in [9.17, 15) is 44.4 Å². The third-order valence-corrected chi connectivity index (χ3v) is 31.1. The molecule has 12 heterocycles. The van der Waals surface area contributed by atoms with Gasteiger partial charge in [-0.25, -0.2) is 9.59 Å². The Labute approximate surface area is 748 Å². The number of nitrogens with zero attached hydrogens (tertiary/aromatic N) is 6. The van der Waals surface area contributed by atoms with Gasteiger partial charge in [0.15, 0.2) is 12.2 Å². The lowest BCUT2D eigenvalue weighted by Gasteiger charge is -2.63. The number of hydrogen-bond donors (Lipinski definition) is 10. The minimum absolute atomic E-state index is 0.0986. The van der Waals surface area contributed by atoms with Crippen molar-refractivity contribution in [2.45, 2.75) is 199 Å². The molecule has 12 aliphatic rings. The van der Waals surface area contributed by atoms with Gasteiger partial charge in [-0.2, -0.15) is 16.8 Å². The van der Waals surface area contributed by atoms with Gasteiger partial charge in [-0.15, -0.1) is 0 Å². The van der Waals surface area contributed by atoms with Gasteiger partial charge in [-0.1, -0.05) is 88.4 Å². The molecule has 18 rings (SSSR count). The smallest absolute Gasteiger partial charge is 0.394 e. The van der Waals surface area contributed by atoms with Crippen molar-refractivity contribution in [2.24, 2.45) is 22.7 Å². The first-order valence-electron chi connectivity index (χ1n) is 43.9. The highest BCUT2D eigenvalue weighted by Crippen LogP contribution is 2.71. The van der Waals surface area contributed by atoms with E-state index in [-0.39, 0.29) is 24.3 Å². The monoisotopic (exact) mass is 1830 g/mol. The first-order valence-corrected chi connectivity index (χ1v) is 46.7. The highest BCUT2D eigenvalue weighted by Gasteiger charge is 2.83. The highest BCUT2D eigenvalue weighted by atomic mass is 32.3. The average molecular weight is 1830 g/mol. The maximum atomic E-state index is 15.3. The maximum absolute atomic E-state index is 15.3. The molecule has 6 aromatic rings. The lowest BCUT2D eigenvalue weighted by atomic mass is 9.47. The molecule has 4 bridgehead atoms. The van der Waals surface area contributed by atoms with Crippen LogP contribution in [0, 0.1) is 22.7 Å². The molecule has 129 heavy (non-hydrogen) atoms. The van der Waals surface area contributed by atoms with Crippen molar-refractivity contribution in [1.29, 1.82) is 0 Å². The van der Waals surface area contributed by atoms with Crippen LogP contribution in [0.15, 0.2) is 97.1 Å². The van der Waals surface area contributed by atoms with Crippen molar-refractivity contribution >= 4 is 96.2 Å². The summed E-state index contributed by atoms with van der Waals surface area (Å²) in [5, 5.41) is 52.6. The molecule has 700 valence electrons. The predicted molar refractivity (Wildman–Crippen MR) is 469 cm³/mol. The summed E-state index contributed by atoms with van der Waals surface area (Å²) in [7, 11) is 0.910. The number of anilines is 2. The van der Waals surface area contributed by atoms with Crippen LogP contribution in [-0.2, 0) is 117 Å². The number of benzene rings is 4. The molecule has 2 aromatic heterocycles. The number of amides is 1. The lowest BCUT2D eigenvalue weighted by molar-refractivity contribution is -0.229. The Kier molecular flexibility index (Phi) is 24.8. The molecule has 0 unspecified atom stereocenters. The Morgan fingerprint density at radius 3 is 1.25 bits per heavy atom. The number of esters is 6. The number of carbonyl (C=O) groups excluding carboxylic acids is 7. The third kappa shape index (κ3) is 14.6. The fourth-order valence-electron chi connectivity index (χ4n) is 26.9. The molecule has 2 aliphatic carbocycles. The van der Waals surface area contributed by atoms with Gasteiger partial charge in [0.05, 0.1) is 71.6 Å². The van der Waals surface area contributed by atoms with Crippen LogP contribution < -0.4 is 19.3 Å². The predicted octanol–water partition coefficient (Wildman–Crippen LogP) is 6.20. The highest BCUT2D eigenvalue weighted by molar-refractivity contribution is 7.80. The van der Waals surface area contributed by atoms with Crippen molar-refractivity contribution < 1.29 is 127 Å². The van der Waals surface area contributed by atoms with Crippen LogP contribution in [0.25, 0.3) is 21.8 Å². The third-order valence-electron chi connectivity index (χ3n) is 31.1. The fraction of sp³-hybridized carbons (Fsp3) is 0.576. The van der Waals surface area contributed by atoms with Crippen LogP contribution in [0.3, 0.4) is 0 Å². The van der Waals surface area contributed by atoms with Crippen LogP contribution in [0.5, 0.6) is 11.5 Å². The zero-order valence-electron chi connectivity index (χ0n) is 74.8. The normalized spacial score (nSPS) is 34.8. The molecule has 2 spiro atoms. The van der Waals surface area contributed by atoms with Crippen LogP contribution in [0.1, 0.15) is 151 Å². The molecule has 2 saturated carbocycles. The number of para-hydroxylation sites is 2. The Morgan fingerprint density at radius 2 is 0.876 bits per heavy atom. The number of rotatable bonds is 15. The molecule has 10 aliphatic heterocycles. The number of fused-ring (bicyclic) bond motifs is 12. The summed E-state index contributed by atoms with van der Waals surface area (Å²) >= 11 is 0. The number of carbonyl (C=O) groups is 7. The van der Waals surface area contributed by atoms with Gasteiger partial charge in [-0.05, 0) is 148 Å². The van der Waals surface area contributed by atoms with Crippen molar-refractivity contribution in [3.63, 3.8) is 0 Å². The van der Waals surface area contributed by atoms with Gasteiger partial charge in [0, 0.05) is 169 Å². The van der Waals surface area contributed by atoms with Crippen LogP contribution >= 0.6 is 0 Å². The molecule has 0 radical (unpaired) electrons. The molecule has 4 saturated heterocycles. The Morgan fingerprint density at radius 1 is 0.496 bits per heavy atom. The molecule has 37 heteroatoms. The van der Waals surface area contributed by atoms with E-state index >= 15 is 9.59 Å². The van der Waals surface area contributed by atoms with E-state index in [0.717, 1.165) is 49.9 Å². The van der Waals surface area contributed by atoms with E-state index in [1.54, 1.807) is 13.2 Å². The second-order valence-corrected chi connectivity index (χ2v) is 39.0. The van der Waals surface area contributed by atoms with Crippen molar-refractivity contribution in [1.82, 2.24) is 29.6 Å². The zero-order chi connectivity index (χ0) is 93.4. The lowest BCUT2D eigenvalue weighted by Crippen LogP contribution is -2.81. The van der Waals surface area contributed by atoms with E-state index in [4.69, 9.17) is 72.9 Å². The first-order chi connectivity index (χ1) is 61.0. The summed E-state index contributed by atoms with van der Waals surface area (Å²) in [5.41, 5.74) is -4.78. The Bertz CT molecular complexity index is 5720. The molecule has 35 nitrogen and oxygen atoms in total. The second kappa shape index (κ2) is 34.0. The van der Waals surface area contributed by atoms with Crippen LogP contribution in [0.4, 0.5) is 11.4 Å². The van der Waals surface area contributed by atoms with Gasteiger partial charge >= 0.3 is 56.6 Å². The second-order valence-electron chi connectivity index (χ2n) is 37.2. The van der Waals surface area contributed by atoms with E-state index in [1.807, 2.05) is 100 Å². The van der Waals surface area contributed by atoms with Crippen LogP contribution in [0.2, 0.25) is 0 Å². The standard InChI is InChI=1S/C46H56N4O10.C46H58N4O9.2H2O4S/c1-7-42(55)22-28-23-45(40(53)58-5,36-30(14-18-48(24-28)25-42)29-12-9-10-13-33(29)47-36)32-20-31-34(21-35(32)57-4)50(26-51)38-44(31)16-19-49-17-11-15-43(8-2,37(44)49)39(60-27(3)52)46(38,56)41(54)59-6;1-8-42(54)23-28-24-45(40(52)57-6,36-30(15-19-49(25-28)26-42)29-13-10-11-14-33(29)47-36)32-21-31-34(22-35(32)56-5)48(4)38-44(31)17-20-50-18-12-16-43(9-2,37(44)50)39(59-27(3)51)46(38,55)41(53)58-7;2*1-5(2,3)4/h9-13,15,20-21,26,28,37-39,47,55-56H,7-8,14,16-19,22-25H2,1-6H3;10-14,16,21-22,28,37-39,47,54-55H,8-9,15,17-20,23-26H2,1-7H3;2*(H2,1,2,3,4)/t28-,37+,38-,39-,42+,43-,44-,45+,46+;28-,37-,38+,39+,42-,43+,44+,45-,46-;;/m10../s1. The number of methoxy groups -OCH3 is 6. The molecular formula is C92H118N8O27S2. The number of nitrogens with one attached hydrogen (secondary N) is 2. The van der Waals surface area contributed by atoms with E-state index in [1.165, 1.54) is 54.3 Å². The molecule has 20 atom stereocenters. The zero-order valence-corrected chi connectivity index (χ0v) is 76.5. The van der Waals surface area contributed by atoms with Gasteiger partial charge in [0.1, 0.15) is 22.3 Å². The first kappa shape index (κ1) is 94.2. The summed E-state index contributed by atoms with van der Waals surface area (Å²) < 4.78 is 111. The molecule has 1 amide bonds. The quantitative estimate of drug-likeness (QED) is 0.0180. The largest absolute Gasteiger partial charge is 0.496 e. The number of aliphatic hydroxyl groups is 4. The van der Waals surface area contributed by atoms with Gasteiger partial charge in [0.2, 0.25) is 17.6 Å². The van der Waals surface area contributed by atoms with E-state index < -0.39 is 142 Å². The van der Waals surface area contributed by atoms with Crippen molar-refractivity contribution in [2.75, 3.05) is 125 Å². The Balaban J connectivity index is 0.000000179. The maximum Gasteiger partial charge on any atom is 0.394 e. The number of likely N-dealkylation sites (N-methyl/N-ethyl adjacent to an activating group) is 1. The molecule has 6 fully saturated rings. The summed E-state index contributed by atoms with van der Waals surface area (Å²) in [6.07, 6.45) is 11.8.